The lowest BCUT2D eigenvalue weighted by Gasteiger charge is -2.38. The summed E-state index contributed by atoms with van der Waals surface area (Å²) < 4.78 is 133. The second-order valence-corrected chi connectivity index (χ2v) is 35.6. The normalized spacial score (nSPS) is 16.4. The summed E-state index contributed by atoms with van der Waals surface area (Å²) in [5.41, 5.74) is 3.00. The molecule has 27 nitrogen and oxygen atoms in total. The lowest BCUT2D eigenvalue weighted by molar-refractivity contribution is -0.139. The Morgan fingerprint density at radius 1 is 0.455 bits per heavy atom. The number of likely N-dealkylation sites (tertiary alicyclic amines) is 1. The molecule has 0 radical (unpaired) electrons. The van der Waals surface area contributed by atoms with Crippen LogP contribution in [0.5, 0.6) is 0 Å². The van der Waals surface area contributed by atoms with Crippen LogP contribution in [-0.2, 0) is 80.6 Å². The standard InChI is InChI=1S/C23H31F2N5O2.C23H28F2N4O3.C22H28F2N4O3.C20H25F2N3O3/c1-7-26-22(32)19(23(3,4)5)28-21(31)18-17-12-29(6)13(2)11-30(17)20(27-18)14-8-9-15(24)16(25)10-14;1-23(2,3)19(22(31)28-8-4-9-28)27-21(30)18-17-7-11-32-12-10-29(17)20(26-18)14-5-6-15(24)16(25)13-14;1-22(2,3)18(21(30)27(4)5)26-20(29)17-16-8-10-31-11-9-28(16)19(25-17)13-6-7-14(23)15(24)12-13;1-20(2,3)16(11-26)23-19(27)17-15-6-8-28-9-7-25(15)18(24-17)12-4-5-13(21)14(22)10-12/h8-10,13,19H,7,11-12H2,1-6H3,(H,26,32)(H,28,31);5-6,13,19H,4,7-12H2,1-3H3,(H,27,30);6-7,12,18H,8-11H2,1-5H3,(H,26,29);4-5,10,16,26H,6-9,11H2,1-3H3,(H,23,27)/t13?,19-;19-;18-;16-/m1111/s1. The highest BCUT2D eigenvalue weighted by Gasteiger charge is 2.42. The average molecular weight is 1720 g/mol. The number of carbonyl (C=O) groups excluding carboxylic acids is 7. The van der Waals surface area contributed by atoms with Gasteiger partial charge in [0.05, 0.1) is 75.1 Å². The highest BCUT2D eigenvalue weighted by molar-refractivity contribution is 6.00. The van der Waals surface area contributed by atoms with Crippen molar-refractivity contribution in [3.8, 4) is 45.6 Å². The SMILES string of the molecule is CC(C)(C)[C@@H](CO)NC(=O)c1nc(-c2ccc(F)c(F)c2)n2c1CCOCC2.CC(C)(C)[C@H](NC(=O)c1nc(-c2ccc(F)c(F)c2)n2c1CCOCC2)C(=O)N1CCC1.CCNC(=O)[C@@H](NC(=O)c1nc(-c2ccc(F)c(F)c2)n2c1CN(C)C(C)C2)C(C)(C)C.CN(C)C(=O)[C@@H](NC(=O)c1nc(-c2ccc(F)c(F)c2)n2c1CCOCC2)C(C)(C)C. The number of benzene rings is 4. The monoisotopic (exact) mass is 1720 g/mol. The van der Waals surface area contributed by atoms with Gasteiger partial charge in [0.2, 0.25) is 17.7 Å². The lowest BCUT2D eigenvalue weighted by Crippen LogP contribution is -2.57. The number of imidazole rings is 4. The summed E-state index contributed by atoms with van der Waals surface area (Å²) in [7, 11) is 5.22. The minimum Gasteiger partial charge on any atom is -0.394 e. The van der Waals surface area contributed by atoms with Crippen LogP contribution < -0.4 is 26.6 Å². The van der Waals surface area contributed by atoms with Gasteiger partial charge >= 0.3 is 0 Å². The molecule has 5 aliphatic heterocycles. The van der Waals surface area contributed by atoms with E-state index >= 15 is 0 Å². The van der Waals surface area contributed by atoms with Crippen LogP contribution in [0.1, 0.15) is 168 Å². The molecule has 5 aliphatic rings. The third-order valence-corrected chi connectivity index (χ3v) is 22.0. The molecule has 1 fully saturated rings. The van der Waals surface area contributed by atoms with Crippen molar-refractivity contribution in [2.75, 3.05) is 87.0 Å². The number of fused-ring (bicyclic) bond motifs is 4. The number of nitrogens with one attached hydrogen (secondary N) is 5. The summed E-state index contributed by atoms with van der Waals surface area (Å²) in [6.45, 7) is 33.0. The fourth-order valence-electron chi connectivity index (χ4n) is 14.6. The van der Waals surface area contributed by atoms with E-state index in [9.17, 15) is 73.8 Å². The topological polar surface area (TPSA) is 309 Å². The van der Waals surface area contributed by atoms with Gasteiger partial charge in [-0.25, -0.2) is 55.1 Å². The number of hydrogen-bond acceptors (Lipinski definition) is 16. The van der Waals surface area contributed by atoms with Crippen LogP contribution in [0.25, 0.3) is 45.6 Å². The first-order valence-electron chi connectivity index (χ1n) is 41.1. The smallest absolute Gasteiger partial charge is 0.272 e. The zero-order chi connectivity index (χ0) is 90.2. The van der Waals surface area contributed by atoms with E-state index in [1.807, 2.05) is 118 Å². The number of hydrogen-bond donors (Lipinski definition) is 6. The van der Waals surface area contributed by atoms with Gasteiger partial charge in [0.25, 0.3) is 23.6 Å². The molecule has 9 heterocycles. The molecule has 0 aliphatic carbocycles. The predicted octanol–water partition coefficient (Wildman–Crippen LogP) is 10.9. The highest BCUT2D eigenvalue weighted by atomic mass is 19.2. The summed E-state index contributed by atoms with van der Waals surface area (Å²) in [5.74, 6) is -8.63. The molecule has 4 aromatic carbocycles. The number of amides is 7. The number of carbonyl (C=O) groups is 7. The largest absolute Gasteiger partial charge is 0.394 e. The van der Waals surface area contributed by atoms with Crippen LogP contribution >= 0.6 is 0 Å². The minimum absolute atomic E-state index is 0.105. The van der Waals surface area contributed by atoms with Crippen molar-refractivity contribution in [2.45, 2.75) is 186 Å². The Balaban J connectivity index is 0.000000172. The molecule has 123 heavy (non-hydrogen) atoms. The Labute approximate surface area is 710 Å². The highest BCUT2D eigenvalue weighted by Crippen LogP contribution is 2.35. The molecule has 13 rings (SSSR count). The van der Waals surface area contributed by atoms with Crippen molar-refractivity contribution in [1.29, 1.82) is 0 Å². The Hall–Kier alpha value is -10.8. The quantitative estimate of drug-likeness (QED) is 0.0462. The first-order chi connectivity index (χ1) is 57.8. The number of likely N-dealkylation sites (N-methyl/N-ethyl adjacent to an activating group) is 3. The summed E-state index contributed by atoms with van der Waals surface area (Å²) in [6.07, 6.45) is 2.31. The molecular weight excluding hydrogens is 1610 g/mol. The average Bonchev–Trinajstić information content (AvgIpc) is 1.61. The van der Waals surface area contributed by atoms with Crippen molar-refractivity contribution < 1.29 is 88.0 Å². The molecule has 4 aromatic heterocycles. The third-order valence-electron chi connectivity index (χ3n) is 22.0. The van der Waals surface area contributed by atoms with Gasteiger partial charge in [-0.15, -0.1) is 0 Å². The van der Waals surface area contributed by atoms with Crippen LogP contribution in [0.2, 0.25) is 0 Å². The molecule has 35 heteroatoms. The van der Waals surface area contributed by atoms with Gasteiger partial charge < -0.3 is 74.0 Å². The van der Waals surface area contributed by atoms with Crippen LogP contribution in [0.3, 0.4) is 0 Å². The number of aliphatic hydroxyl groups excluding tert-OH is 1. The molecule has 8 aromatic rings. The maximum absolute atomic E-state index is 13.9. The van der Waals surface area contributed by atoms with Crippen LogP contribution in [-0.4, -0.2) is 217 Å². The van der Waals surface area contributed by atoms with Gasteiger partial charge in [-0.1, -0.05) is 83.1 Å². The Morgan fingerprint density at radius 2 is 0.789 bits per heavy atom. The van der Waals surface area contributed by atoms with Crippen molar-refractivity contribution in [1.82, 2.24) is 79.5 Å². The number of ether oxygens (including phenoxy) is 3. The van der Waals surface area contributed by atoms with Gasteiger partial charge in [0.1, 0.15) is 58.5 Å². The Morgan fingerprint density at radius 3 is 1.10 bits per heavy atom. The first-order valence-corrected chi connectivity index (χ1v) is 41.1. The van der Waals surface area contributed by atoms with Gasteiger partial charge in [-0.2, -0.15) is 0 Å². The number of halogens is 8. The molecule has 1 unspecified atom stereocenters. The van der Waals surface area contributed by atoms with Gasteiger partial charge in [0.15, 0.2) is 52.2 Å². The Kier molecular flexibility index (Phi) is 30.3. The zero-order valence-corrected chi connectivity index (χ0v) is 72.7. The summed E-state index contributed by atoms with van der Waals surface area (Å²) in [6, 6.07) is 11.7. The lowest BCUT2D eigenvalue weighted by atomic mass is 9.85. The van der Waals surface area contributed by atoms with E-state index in [4.69, 9.17) is 14.2 Å². The van der Waals surface area contributed by atoms with Crippen LogP contribution in [0.4, 0.5) is 35.1 Å². The summed E-state index contributed by atoms with van der Waals surface area (Å²) >= 11 is 0. The molecule has 5 atom stereocenters. The fourth-order valence-corrected chi connectivity index (χ4v) is 14.6. The van der Waals surface area contributed by atoms with E-state index in [1.54, 1.807) is 23.6 Å². The first kappa shape index (κ1) is 94.5. The fraction of sp³-hybridized carbons (Fsp3) is 0.511. The molecule has 666 valence electrons. The van der Waals surface area contributed by atoms with E-state index in [1.165, 1.54) is 29.2 Å². The summed E-state index contributed by atoms with van der Waals surface area (Å²) in [5, 5.41) is 23.8. The third kappa shape index (κ3) is 22.3. The van der Waals surface area contributed by atoms with Crippen molar-refractivity contribution in [3.05, 3.63) is 165 Å². The van der Waals surface area contributed by atoms with E-state index in [2.05, 4.69) is 51.4 Å². The van der Waals surface area contributed by atoms with E-state index < -0.39 is 111 Å². The van der Waals surface area contributed by atoms with Crippen LogP contribution in [0.15, 0.2) is 72.8 Å². The van der Waals surface area contributed by atoms with Gasteiger partial charge in [-0.05, 0) is 122 Å². The van der Waals surface area contributed by atoms with Gasteiger partial charge in [0, 0.05) is 114 Å². The minimum atomic E-state index is -0.991. The van der Waals surface area contributed by atoms with Gasteiger partial charge in [-0.3, -0.25) is 38.5 Å². The Bertz CT molecular complexity index is 5200. The van der Waals surface area contributed by atoms with E-state index in [-0.39, 0.29) is 58.6 Å². The molecule has 0 spiro atoms. The molecule has 6 N–H and O–H groups in total. The molecule has 0 saturated carbocycles. The molecule has 0 bridgehead atoms. The molecule has 7 amide bonds. The number of aliphatic hydroxyl groups is 1. The maximum atomic E-state index is 13.9. The second-order valence-electron chi connectivity index (χ2n) is 35.6. The molecule has 1 saturated heterocycles. The zero-order valence-electron chi connectivity index (χ0n) is 72.7. The van der Waals surface area contributed by atoms with E-state index in [0.29, 0.717) is 180 Å². The van der Waals surface area contributed by atoms with E-state index in [0.717, 1.165) is 55.0 Å². The number of aromatic nitrogens is 8. The van der Waals surface area contributed by atoms with Crippen molar-refractivity contribution >= 4 is 41.4 Å². The predicted molar refractivity (Wildman–Crippen MR) is 443 cm³/mol. The number of nitrogens with zero attached hydrogens (tertiary/aromatic N) is 11. The van der Waals surface area contributed by atoms with Crippen molar-refractivity contribution in [2.24, 2.45) is 21.7 Å². The van der Waals surface area contributed by atoms with Crippen molar-refractivity contribution in [3.63, 3.8) is 0 Å². The number of rotatable bonds is 17. The summed E-state index contributed by atoms with van der Waals surface area (Å²) in [4.78, 5) is 114. The van der Waals surface area contributed by atoms with Crippen LogP contribution in [0, 0.1) is 68.2 Å². The second kappa shape index (κ2) is 39.4. The maximum Gasteiger partial charge on any atom is 0.272 e. The molecular formula is C88H112F8N16O11.